The molecule has 0 saturated heterocycles. The second-order valence-corrected chi connectivity index (χ2v) is 13.8. The number of hydrogen-bond donors (Lipinski definition) is 1. The minimum Gasteiger partial charge on any atom is -0.493 e. The fourth-order valence-corrected chi connectivity index (χ4v) is 6.93. The normalized spacial score (nSPS) is 12.4. The molecule has 0 aliphatic rings. The van der Waals surface area contributed by atoms with E-state index in [1.807, 2.05) is 68.4 Å². The van der Waals surface area contributed by atoms with E-state index in [4.69, 9.17) is 9.47 Å². The second kappa shape index (κ2) is 16.5. The summed E-state index contributed by atoms with van der Waals surface area (Å²) in [7, 11) is -1.32. The molecule has 0 radical (unpaired) electrons. The van der Waals surface area contributed by atoms with E-state index in [1.165, 1.54) is 37.3 Å². The third kappa shape index (κ3) is 9.14. The van der Waals surface area contributed by atoms with Crippen LogP contribution in [0.4, 0.5) is 5.69 Å². The maximum Gasteiger partial charge on any atom is 0.264 e. The Labute approximate surface area is 285 Å². The van der Waals surface area contributed by atoms with Gasteiger partial charge in [0.1, 0.15) is 12.6 Å². The first-order chi connectivity index (χ1) is 22.6. The fourth-order valence-electron chi connectivity index (χ4n) is 5.06. The Morgan fingerprint density at radius 2 is 1.47 bits per heavy atom. The third-order valence-electron chi connectivity index (χ3n) is 7.78. The van der Waals surface area contributed by atoms with E-state index in [1.54, 1.807) is 30.3 Å². The highest BCUT2D eigenvalue weighted by Crippen LogP contribution is 2.34. The zero-order valence-electron chi connectivity index (χ0n) is 26.9. The predicted octanol–water partition coefficient (Wildman–Crippen LogP) is 6.22. The van der Waals surface area contributed by atoms with Crippen LogP contribution in [0.15, 0.2) is 112 Å². The van der Waals surface area contributed by atoms with E-state index >= 15 is 0 Å². The molecule has 0 aliphatic heterocycles. The number of nitrogens with zero attached hydrogens (tertiary/aromatic N) is 2. The number of sulfonamides is 1. The van der Waals surface area contributed by atoms with E-state index < -0.39 is 28.5 Å². The molecule has 0 unspecified atom stereocenters. The van der Waals surface area contributed by atoms with Gasteiger partial charge in [-0.1, -0.05) is 83.5 Å². The molecule has 2 atom stereocenters. The van der Waals surface area contributed by atoms with Crippen LogP contribution in [0.2, 0.25) is 0 Å². The maximum absolute atomic E-state index is 14.6. The highest BCUT2D eigenvalue weighted by atomic mass is 79.9. The lowest BCUT2D eigenvalue weighted by atomic mass is 10.0. The zero-order valence-corrected chi connectivity index (χ0v) is 29.3. The summed E-state index contributed by atoms with van der Waals surface area (Å²) in [5.41, 5.74) is 1.83. The van der Waals surface area contributed by atoms with Crippen molar-refractivity contribution in [2.45, 2.75) is 50.2 Å². The van der Waals surface area contributed by atoms with Gasteiger partial charge in [-0.25, -0.2) is 8.42 Å². The number of amides is 2. The number of halogens is 1. The summed E-state index contributed by atoms with van der Waals surface area (Å²) in [6, 6.07) is 28.4. The average molecular weight is 723 g/mol. The standard InChI is InChI=1S/C36H40BrN3O6S/c1-5-26(2)38-36(42)32(22-27-13-8-6-9-14-27)39(24-28-15-12-16-29(37)21-28)35(41)25-40(47(43,44)31-17-10-7-11-18-31)30-19-20-33(45-3)34(23-30)46-4/h6-21,23,26,32H,5,22,24-25H2,1-4H3,(H,38,42)/t26-,32-/m1/s1. The molecule has 2 amide bonds. The van der Waals surface area contributed by atoms with E-state index in [9.17, 15) is 18.0 Å². The highest BCUT2D eigenvalue weighted by molar-refractivity contribution is 9.10. The van der Waals surface area contributed by atoms with Gasteiger partial charge in [0.15, 0.2) is 11.5 Å². The molecule has 0 spiro atoms. The van der Waals surface area contributed by atoms with E-state index in [0.717, 1.165) is 19.9 Å². The smallest absolute Gasteiger partial charge is 0.264 e. The van der Waals surface area contributed by atoms with Crippen LogP contribution in [-0.4, -0.2) is 58.0 Å². The van der Waals surface area contributed by atoms with Crippen molar-refractivity contribution < 1.29 is 27.5 Å². The number of nitrogens with one attached hydrogen (secondary N) is 1. The largest absolute Gasteiger partial charge is 0.493 e. The molecule has 0 saturated carbocycles. The topological polar surface area (TPSA) is 105 Å². The first-order valence-electron chi connectivity index (χ1n) is 15.2. The van der Waals surface area contributed by atoms with Gasteiger partial charge >= 0.3 is 0 Å². The van der Waals surface area contributed by atoms with Crippen LogP contribution in [0.25, 0.3) is 0 Å². The van der Waals surface area contributed by atoms with Crippen LogP contribution in [-0.2, 0) is 32.6 Å². The number of hydrogen-bond acceptors (Lipinski definition) is 6. The number of benzene rings is 4. The molecule has 248 valence electrons. The monoisotopic (exact) mass is 721 g/mol. The quantitative estimate of drug-likeness (QED) is 0.156. The zero-order chi connectivity index (χ0) is 34.0. The van der Waals surface area contributed by atoms with Crippen LogP contribution >= 0.6 is 15.9 Å². The number of methoxy groups -OCH3 is 2. The van der Waals surface area contributed by atoms with Crippen molar-refractivity contribution in [1.82, 2.24) is 10.2 Å². The molecule has 0 aliphatic carbocycles. The Morgan fingerprint density at radius 3 is 2.09 bits per heavy atom. The van der Waals surface area contributed by atoms with Gasteiger partial charge in [0, 0.05) is 29.5 Å². The molecule has 1 N–H and O–H groups in total. The molecule has 9 nitrogen and oxygen atoms in total. The summed E-state index contributed by atoms with van der Waals surface area (Å²) < 4.78 is 41.2. The van der Waals surface area contributed by atoms with Crippen molar-refractivity contribution >= 4 is 43.5 Å². The number of ether oxygens (including phenoxy) is 2. The Balaban J connectivity index is 1.84. The molecule has 0 bridgehead atoms. The van der Waals surface area contributed by atoms with E-state index in [2.05, 4.69) is 21.2 Å². The Hall–Kier alpha value is -4.35. The lowest BCUT2D eigenvalue weighted by molar-refractivity contribution is -0.140. The summed E-state index contributed by atoms with van der Waals surface area (Å²) >= 11 is 3.51. The third-order valence-corrected chi connectivity index (χ3v) is 10.1. The number of carbonyl (C=O) groups is 2. The van der Waals surface area contributed by atoms with Gasteiger partial charge in [-0.3, -0.25) is 13.9 Å². The Kier molecular flexibility index (Phi) is 12.4. The van der Waals surface area contributed by atoms with Crippen molar-refractivity contribution in [2.24, 2.45) is 0 Å². The fraction of sp³-hybridized carbons (Fsp3) is 0.278. The lowest BCUT2D eigenvalue weighted by Crippen LogP contribution is -2.54. The summed E-state index contributed by atoms with van der Waals surface area (Å²) in [4.78, 5) is 30.1. The van der Waals surface area contributed by atoms with Crippen molar-refractivity contribution in [3.8, 4) is 11.5 Å². The number of anilines is 1. The minimum atomic E-state index is -4.25. The van der Waals surface area contributed by atoms with Crippen molar-refractivity contribution in [3.63, 3.8) is 0 Å². The van der Waals surface area contributed by atoms with Crippen molar-refractivity contribution in [3.05, 3.63) is 119 Å². The van der Waals surface area contributed by atoms with Crippen LogP contribution in [0.1, 0.15) is 31.4 Å². The molecular formula is C36H40BrN3O6S. The van der Waals surface area contributed by atoms with Crippen molar-refractivity contribution in [1.29, 1.82) is 0 Å². The molecular weight excluding hydrogens is 682 g/mol. The van der Waals surface area contributed by atoms with E-state index in [-0.39, 0.29) is 35.5 Å². The number of carbonyl (C=O) groups excluding carboxylic acids is 2. The summed E-state index contributed by atoms with van der Waals surface area (Å²) in [5.74, 6) is -0.179. The molecule has 47 heavy (non-hydrogen) atoms. The molecule has 0 heterocycles. The molecule has 4 rings (SSSR count). The molecule has 11 heteroatoms. The molecule has 0 aromatic heterocycles. The van der Waals surface area contributed by atoms with Gasteiger partial charge in [-0.2, -0.15) is 0 Å². The van der Waals surface area contributed by atoms with Gasteiger partial charge in [-0.05, 0) is 60.9 Å². The molecule has 4 aromatic rings. The first kappa shape index (κ1) is 35.5. The molecule has 4 aromatic carbocycles. The first-order valence-corrected chi connectivity index (χ1v) is 17.5. The second-order valence-electron chi connectivity index (χ2n) is 11.0. The average Bonchev–Trinajstić information content (AvgIpc) is 3.08. The van der Waals surface area contributed by atoms with Crippen LogP contribution in [0, 0.1) is 0 Å². The van der Waals surface area contributed by atoms with E-state index in [0.29, 0.717) is 17.9 Å². The Morgan fingerprint density at radius 1 is 0.830 bits per heavy atom. The lowest BCUT2D eigenvalue weighted by Gasteiger charge is -2.34. The van der Waals surface area contributed by atoms with Crippen LogP contribution in [0.3, 0.4) is 0 Å². The number of rotatable bonds is 15. The Bertz CT molecular complexity index is 1760. The SMILES string of the molecule is CC[C@@H](C)NC(=O)[C@@H](Cc1ccccc1)N(Cc1cccc(Br)c1)C(=O)CN(c1ccc(OC)c(OC)c1)S(=O)(=O)c1ccccc1. The minimum absolute atomic E-state index is 0.0106. The van der Waals surface area contributed by atoms with Gasteiger partial charge in [0.05, 0.1) is 24.8 Å². The molecule has 0 fully saturated rings. The van der Waals surface area contributed by atoms with Gasteiger partial charge < -0.3 is 19.7 Å². The van der Waals surface area contributed by atoms with Crippen LogP contribution in [0.5, 0.6) is 11.5 Å². The van der Waals surface area contributed by atoms with Crippen molar-refractivity contribution in [2.75, 3.05) is 25.1 Å². The summed E-state index contributed by atoms with van der Waals surface area (Å²) in [6.07, 6.45) is 0.927. The maximum atomic E-state index is 14.6. The van der Waals surface area contributed by atoms with Gasteiger partial charge in [0.2, 0.25) is 11.8 Å². The predicted molar refractivity (Wildman–Crippen MR) is 187 cm³/mol. The van der Waals surface area contributed by atoms with Gasteiger partial charge in [-0.15, -0.1) is 0 Å². The van der Waals surface area contributed by atoms with Gasteiger partial charge in [0.25, 0.3) is 10.0 Å². The van der Waals surface area contributed by atoms with Crippen LogP contribution < -0.4 is 19.1 Å². The summed E-state index contributed by atoms with van der Waals surface area (Å²) in [5, 5.41) is 3.05. The summed E-state index contributed by atoms with van der Waals surface area (Å²) in [6.45, 7) is 3.36. The highest BCUT2D eigenvalue weighted by Gasteiger charge is 2.35.